The molecule has 0 saturated heterocycles. The summed E-state index contributed by atoms with van der Waals surface area (Å²) in [5.41, 5.74) is 3.34. The molecule has 2 amide bonds. The highest BCUT2D eigenvalue weighted by Crippen LogP contribution is 2.15. The summed E-state index contributed by atoms with van der Waals surface area (Å²) >= 11 is 0. The van der Waals surface area contributed by atoms with Gasteiger partial charge in [0, 0.05) is 13.1 Å². The fourth-order valence-electron chi connectivity index (χ4n) is 2.92. The van der Waals surface area contributed by atoms with Crippen molar-refractivity contribution in [2.24, 2.45) is 0 Å². The number of carbonyl (C=O) groups excluding carboxylic acids is 2. The minimum atomic E-state index is -0.582. The van der Waals surface area contributed by atoms with Gasteiger partial charge in [-0.1, -0.05) is 55.8 Å². The van der Waals surface area contributed by atoms with Crippen LogP contribution in [0.25, 0.3) is 0 Å². The number of carbonyl (C=O) groups is 2. The SMILES string of the molecule is CCCNC(=O)[C@@H](C)N(Cc1ccc(C)cc1)C(=O)COc1ccc(CC)cc1. The van der Waals surface area contributed by atoms with Crippen molar-refractivity contribution in [2.45, 2.75) is 53.1 Å². The summed E-state index contributed by atoms with van der Waals surface area (Å²) in [7, 11) is 0. The van der Waals surface area contributed by atoms with E-state index >= 15 is 0 Å². The monoisotopic (exact) mass is 396 g/mol. The topological polar surface area (TPSA) is 58.6 Å². The Kier molecular flexibility index (Phi) is 8.71. The van der Waals surface area contributed by atoms with Crippen LogP contribution in [0.15, 0.2) is 48.5 Å². The van der Waals surface area contributed by atoms with Gasteiger partial charge >= 0.3 is 0 Å². The maximum atomic E-state index is 13.0. The second kappa shape index (κ2) is 11.2. The van der Waals surface area contributed by atoms with Gasteiger partial charge in [0.25, 0.3) is 5.91 Å². The molecule has 0 unspecified atom stereocenters. The summed E-state index contributed by atoms with van der Waals surface area (Å²) in [5, 5.41) is 2.88. The summed E-state index contributed by atoms with van der Waals surface area (Å²) in [6, 6.07) is 15.1. The first-order valence-electron chi connectivity index (χ1n) is 10.3. The first-order valence-corrected chi connectivity index (χ1v) is 10.3. The Hall–Kier alpha value is -2.82. The Bertz CT molecular complexity index is 785. The summed E-state index contributed by atoms with van der Waals surface area (Å²) in [5.74, 6) is 0.276. The van der Waals surface area contributed by atoms with Crippen LogP contribution in [0.1, 0.15) is 43.9 Å². The van der Waals surface area contributed by atoms with Crippen LogP contribution in [0.2, 0.25) is 0 Å². The van der Waals surface area contributed by atoms with E-state index in [0.717, 1.165) is 24.0 Å². The van der Waals surface area contributed by atoms with Gasteiger partial charge in [0.2, 0.25) is 5.91 Å². The Morgan fingerprint density at radius 2 is 1.62 bits per heavy atom. The molecule has 156 valence electrons. The maximum absolute atomic E-state index is 13.0. The number of hydrogen-bond donors (Lipinski definition) is 1. The molecule has 2 rings (SSSR count). The van der Waals surface area contributed by atoms with Gasteiger partial charge in [-0.05, 0) is 49.9 Å². The lowest BCUT2D eigenvalue weighted by Crippen LogP contribution is -2.49. The standard InChI is InChI=1S/C24H32N2O3/c1-5-15-25-24(28)19(4)26(16-21-9-7-18(3)8-10-21)23(27)17-29-22-13-11-20(6-2)12-14-22/h7-14,19H,5-6,15-17H2,1-4H3,(H,25,28)/t19-/m1/s1. The van der Waals surface area contributed by atoms with Crippen LogP contribution in [0.3, 0.4) is 0 Å². The molecule has 0 fully saturated rings. The fraction of sp³-hybridized carbons (Fsp3) is 0.417. The summed E-state index contributed by atoms with van der Waals surface area (Å²) in [6.07, 6.45) is 1.80. The van der Waals surface area contributed by atoms with E-state index < -0.39 is 6.04 Å². The first kappa shape index (κ1) is 22.5. The first-order chi connectivity index (χ1) is 13.9. The van der Waals surface area contributed by atoms with Gasteiger partial charge < -0.3 is 15.0 Å². The number of rotatable bonds is 10. The van der Waals surface area contributed by atoms with Crippen LogP contribution in [-0.4, -0.2) is 35.9 Å². The highest BCUT2D eigenvalue weighted by molar-refractivity contribution is 5.87. The van der Waals surface area contributed by atoms with Crippen LogP contribution >= 0.6 is 0 Å². The normalized spacial score (nSPS) is 11.6. The molecule has 5 heteroatoms. The van der Waals surface area contributed by atoms with Crippen molar-refractivity contribution < 1.29 is 14.3 Å². The van der Waals surface area contributed by atoms with Crippen molar-refractivity contribution in [2.75, 3.05) is 13.2 Å². The van der Waals surface area contributed by atoms with E-state index in [0.29, 0.717) is 18.8 Å². The number of benzene rings is 2. The molecule has 5 nitrogen and oxygen atoms in total. The molecule has 1 N–H and O–H groups in total. The smallest absolute Gasteiger partial charge is 0.261 e. The lowest BCUT2D eigenvalue weighted by Gasteiger charge is -2.28. The predicted octanol–water partition coefficient (Wildman–Crippen LogP) is 3.88. The third-order valence-electron chi connectivity index (χ3n) is 4.88. The lowest BCUT2D eigenvalue weighted by atomic mass is 10.1. The van der Waals surface area contributed by atoms with Crippen molar-refractivity contribution >= 4 is 11.8 Å². The highest BCUT2D eigenvalue weighted by atomic mass is 16.5. The third kappa shape index (κ3) is 6.93. The van der Waals surface area contributed by atoms with Crippen molar-refractivity contribution in [3.05, 3.63) is 65.2 Å². The van der Waals surface area contributed by atoms with Crippen molar-refractivity contribution in [3.63, 3.8) is 0 Å². The van der Waals surface area contributed by atoms with Crippen LogP contribution in [0.5, 0.6) is 5.75 Å². The van der Waals surface area contributed by atoms with Crippen LogP contribution in [-0.2, 0) is 22.6 Å². The highest BCUT2D eigenvalue weighted by Gasteiger charge is 2.26. The zero-order chi connectivity index (χ0) is 21.2. The predicted molar refractivity (Wildman–Crippen MR) is 116 cm³/mol. The lowest BCUT2D eigenvalue weighted by molar-refractivity contribution is -0.142. The second-order valence-electron chi connectivity index (χ2n) is 7.26. The number of aryl methyl sites for hydroxylation is 2. The third-order valence-corrected chi connectivity index (χ3v) is 4.88. The van der Waals surface area contributed by atoms with Gasteiger partial charge in [-0.15, -0.1) is 0 Å². The minimum absolute atomic E-state index is 0.108. The molecule has 1 atom stereocenters. The maximum Gasteiger partial charge on any atom is 0.261 e. The van der Waals surface area contributed by atoms with Crippen molar-refractivity contribution in [3.8, 4) is 5.75 Å². The Balaban J connectivity index is 2.09. The molecule has 0 aromatic heterocycles. The average molecular weight is 397 g/mol. The second-order valence-corrected chi connectivity index (χ2v) is 7.26. The molecule has 2 aromatic carbocycles. The molecule has 0 bridgehead atoms. The Morgan fingerprint density at radius 3 is 2.21 bits per heavy atom. The molecule has 0 aliphatic rings. The number of nitrogens with one attached hydrogen (secondary N) is 1. The Morgan fingerprint density at radius 1 is 1.00 bits per heavy atom. The summed E-state index contributed by atoms with van der Waals surface area (Å²) < 4.78 is 5.69. The summed E-state index contributed by atoms with van der Waals surface area (Å²) in [6.45, 7) is 8.71. The zero-order valence-corrected chi connectivity index (χ0v) is 17.9. The van der Waals surface area contributed by atoms with Crippen molar-refractivity contribution in [1.82, 2.24) is 10.2 Å². The van der Waals surface area contributed by atoms with Gasteiger partial charge in [-0.2, -0.15) is 0 Å². The van der Waals surface area contributed by atoms with E-state index in [4.69, 9.17) is 4.74 Å². The average Bonchev–Trinajstić information content (AvgIpc) is 2.75. The van der Waals surface area contributed by atoms with Gasteiger partial charge in [0.1, 0.15) is 11.8 Å². The number of amides is 2. The van der Waals surface area contributed by atoms with E-state index in [2.05, 4.69) is 12.2 Å². The van der Waals surface area contributed by atoms with E-state index in [1.165, 1.54) is 5.56 Å². The minimum Gasteiger partial charge on any atom is -0.484 e. The zero-order valence-electron chi connectivity index (χ0n) is 17.9. The van der Waals surface area contributed by atoms with Gasteiger partial charge in [0.15, 0.2) is 6.61 Å². The molecular weight excluding hydrogens is 364 g/mol. The molecule has 29 heavy (non-hydrogen) atoms. The van der Waals surface area contributed by atoms with E-state index in [9.17, 15) is 9.59 Å². The number of ether oxygens (including phenoxy) is 1. The van der Waals surface area contributed by atoms with E-state index in [1.807, 2.05) is 62.4 Å². The van der Waals surface area contributed by atoms with Gasteiger partial charge in [0.05, 0.1) is 0 Å². The fourth-order valence-corrected chi connectivity index (χ4v) is 2.92. The van der Waals surface area contributed by atoms with Crippen LogP contribution in [0.4, 0.5) is 0 Å². The molecule has 0 saturated carbocycles. The van der Waals surface area contributed by atoms with E-state index in [1.54, 1.807) is 11.8 Å². The quantitative estimate of drug-likeness (QED) is 0.663. The largest absolute Gasteiger partial charge is 0.484 e. The Labute approximate surface area is 174 Å². The number of hydrogen-bond acceptors (Lipinski definition) is 3. The molecule has 0 aliphatic heterocycles. The molecule has 0 heterocycles. The summed E-state index contributed by atoms with van der Waals surface area (Å²) in [4.78, 5) is 27.0. The van der Waals surface area contributed by atoms with E-state index in [-0.39, 0.29) is 18.4 Å². The van der Waals surface area contributed by atoms with Crippen LogP contribution < -0.4 is 10.1 Å². The van der Waals surface area contributed by atoms with Gasteiger partial charge in [-0.25, -0.2) is 0 Å². The molecule has 0 radical (unpaired) electrons. The molecule has 2 aromatic rings. The molecule has 0 spiro atoms. The van der Waals surface area contributed by atoms with Gasteiger partial charge in [-0.3, -0.25) is 9.59 Å². The molecular formula is C24H32N2O3. The van der Waals surface area contributed by atoms with Crippen molar-refractivity contribution in [1.29, 1.82) is 0 Å². The molecule has 0 aliphatic carbocycles. The van der Waals surface area contributed by atoms with Crippen LogP contribution in [0, 0.1) is 6.92 Å². The number of nitrogens with zero attached hydrogens (tertiary/aromatic N) is 1.